The number of halogens is 2. The second kappa shape index (κ2) is 5.85. The quantitative estimate of drug-likeness (QED) is 0.666. The number of hydrogen-bond donors (Lipinski definition) is 0. The van der Waals surface area contributed by atoms with E-state index >= 15 is 0 Å². The fourth-order valence-corrected chi connectivity index (χ4v) is 2.22. The lowest BCUT2D eigenvalue weighted by Crippen LogP contribution is -1.95. The summed E-state index contributed by atoms with van der Waals surface area (Å²) in [7, 11) is 0. The molecular weight excluding hydrogens is 284 g/mol. The van der Waals surface area contributed by atoms with E-state index in [-0.39, 0.29) is 17.3 Å². The average Bonchev–Trinajstić information content (AvgIpc) is 2.56. The maximum Gasteiger partial charge on any atom is 0.169 e. The van der Waals surface area contributed by atoms with Crippen LogP contribution in [0.15, 0.2) is 60.7 Å². The van der Waals surface area contributed by atoms with Gasteiger partial charge in [-0.2, -0.15) is 0 Å². The first-order valence-electron chi connectivity index (χ1n) is 6.65. The van der Waals surface area contributed by atoms with Gasteiger partial charge in [0.25, 0.3) is 0 Å². The zero-order chi connectivity index (χ0) is 15.5. The standard InChI is InChI=1S/C18H11F2NO/c19-14-5-1-12(2-6-14)16-9-10-17(21-18(16)11-22)13-3-7-15(20)8-4-13/h1-11H. The van der Waals surface area contributed by atoms with Crippen LogP contribution in [-0.2, 0) is 0 Å². The largest absolute Gasteiger partial charge is 0.296 e. The van der Waals surface area contributed by atoms with E-state index in [0.29, 0.717) is 23.1 Å². The van der Waals surface area contributed by atoms with E-state index in [1.54, 1.807) is 36.4 Å². The molecule has 0 atom stereocenters. The summed E-state index contributed by atoms with van der Waals surface area (Å²) in [6.07, 6.45) is 0.658. The predicted octanol–water partition coefficient (Wildman–Crippen LogP) is 4.51. The number of pyridine rings is 1. The van der Waals surface area contributed by atoms with Gasteiger partial charge in [-0.15, -0.1) is 0 Å². The highest BCUT2D eigenvalue weighted by molar-refractivity contribution is 5.86. The molecule has 22 heavy (non-hydrogen) atoms. The first-order chi connectivity index (χ1) is 10.7. The molecule has 0 aliphatic carbocycles. The van der Waals surface area contributed by atoms with Gasteiger partial charge in [-0.1, -0.05) is 12.1 Å². The zero-order valence-corrected chi connectivity index (χ0v) is 11.5. The van der Waals surface area contributed by atoms with E-state index in [1.165, 1.54) is 24.3 Å². The van der Waals surface area contributed by atoms with E-state index in [0.717, 1.165) is 5.56 Å². The Morgan fingerprint density at radius 1 is 0.727 bits per heavy atom. The normalized spacial score (nSPS) is 10.5. The Kier molecular flexibility index (Phi) is 3.74. The van der Waals surface area contributed by atoms with Gasteiger partial charge in [0.15, 0.2) is 6.29 Å². The second-order valence-electron chi connectivity index (χ2n) is 4.76. The van der Waals surface area contributed by atoms with Gasteiger partial charge < -0.3 is 0 Å². The molecule has 0 saturated heterocycles. The van der Waals surface area contributed by atoms with Crippen LogP contribution < -0.4 is 0 Å². The van der Waals surface area contributed by atoms with Crippen molar-refractivity contribution in [1.29, 1.82) is 0 Å². The smallest absolute Gasteiger partial charge is 0.169 e. The van der Waals surface area contributed by atoms with Gasteiger partial charge >= 0.3 is 0 Å². The molecule has 0 spiro atoms. The molecule has 1 aromatic heterocycles. The molecule has 0 fully saturated rings. The van der Waals surface area contributed by atoms with Crippen molar-refractivity contribution >= 4 is 6.29 Å². The first-order valence-corrected chi connectivity index (χ1v) is 6.65. The van der Waals surface area contributed by atoms with Crippen molar-refractivity contribution < 1.29 is 13.6 Å². The fraction of sp³-hybridized carbons (Fsp3) is 0. The lowest BCUT2D eigenvalue weighted by atomic mass is 10.0. The summed E-state index contributed by atoms with van der Waals surface area (Å²) in [5, 5.41) is 0. The average molecular weight is 295 g/mol. The molecule has 1 heterocycles. The van der Waals surface area contributed by atoms with Crippen LogP contribution in [0.4, 0.5) is 8.78 Å². The molecule has 0 radical (unpaired) electrons. The van der Waals surface area contributed by atoms with Gasteiger partial charge in [0, 0.05) is 11.1 Å². The Bertz CT molecular complexity index is 811. The van der Waals surface area contributed by atoms with Crippen LogP contribution in [0.25, 0.3) is 22.4 Å². The van der Waals surface area contributed by atoms with Crippen molar-refractivity contribution in [2.75, 3.05) is 0 Å². The number of benzene rings is 2. The summed E-state index contributed by atoms with van der Waals surface area (Å²) < 4.78 is 25.9. The summed E-state index contributed by atoms with van der Waals surface area (Å²) in [5.41, 5.74) is 2.89. The number of rotatable bonds is 3. The summed E-state index contributed by atoms with van der Waals surface area (Å²) in [6.45, 7) is 0. The van der Waals surface area contributed by atoms with Crippen LogP contribution >= 0.6 is 0 Å². The minimum absolute atomic E-state index is 0.258. The molecule has 0 N–H and O–H groups in total. The lowest BCUT2D eigenvalue weighted by Gasteiger charge is -2.07. The molecule has 0 bridgehead atoms. The van der Waals surface area contributed by atoms with Crippen LogP contribution in [-0.4, -0.2) is 11.3 Å². The molecular formula is C18H11F2NO. The van der Waals surface area contributed by atoms with E-state index in [9.17, 15) is 13.6 Å². The van der Waals surface area contributed by atoms with Crippen molar-refractivity contribution in [3.8, 4) is 22.4 Å². The van der Waals surface area contributed by atoms with Gasteiger partial charge in [-0.05, 0) is 54.1 Å². The number of nitrogens with zero attached hydrogens (tertiary/aromatic N) is 1. The molecule has 0 aliphatic heterocycles. The Hall–Kier alpha value is -2.88. The molecule has 3 aromatic rings. The molecule has 2 nitrogen and oxygen atoms in total. The van der Waals surface area contributed by atoms with Gasteiger partial charge in [0.1, 0.15) is 17.3 Å². The van der Waals surface area contributed by atoms with E-state index in [1.807, 2.05) is 0 Å². The number of hydrogen-bond acceptors (Lipinski definition) is 2. The maximum absolute atomic E-state index is 13.0. The summed E-state index contributed by atoms with van der Waals surface area (Å²) in [4.78, 5) is 15.6. The van der Waals surface area contributed by atoms with E-state index in [2.05, 4.69) is 4.98 Å². The highest BCUT2D eigenvalue weighted by Gasteiger charge is 2.09. The van der Waals surface area contributed by atoms with Crippen LogP contribution in [0, 0.1) is 11.6 Å². The highest BCUT2D eigenvalue weighted by Crippen LogP contribution is 2.26. The summed E-state index contributed by atoms with van der Waals surface area (Å²) in [5.74, 6) is -0.672. The molecule has 0 unspecified atom stereocenters. The first kappa shape index (κ1) is 14.1. The van der Waals surface area contributed by atoms with Crippen LogP contribution in [0.5, 0.6) is 0 Å². The summed E-state index contributed by atoms with van der Waals surface area (Å²) >= 11 is 0. The van der Waals surface area contributed by atoms with Crippen molar-refractivity contribution in [3.63, 3.8) is 0 Å². The third-order valence-corrected chi connectivity index (χ3v) is 3.33. The molecule has 0 aliphatic rings. The van der Waals surface area contributed by atoms with Gasteiger partial charge in [0.05, 0.1) is 5.69 Å². The molecule has 0 saturated carbocycles. The Labute approximate surface area is 126 Å². The number of carbonyl (C=O) groups is 1. The third kappa shape index (κ3) is 2.76. The molecule has 108 valence electrons. The van der Waals surface area contributed by atoms with Gasteiger partial charge in [0.2, 0.25) is 0 Å². The van der Waals surface area contributed by atoms with Crippen LogP contribution in [0.3, 0.4) is 0 Å². The molecule has 3 rings (SSSR count). The van der Waals surface area contributed by atoms with Crippen molar-refractivity contribution in [1.82, 2.24) is 4.98 Å². The minimum atomic E-state index is -0.340. The van der Waals surface area contributed by atoms with Gasteiger partial charge in [-0.3, -0.25) is 4.79 Å². The van der Waals surface area contributed by atoms with Crippen molar-refractivity contribution in [2.24, 2.45) is 0 Å². The number of aldehydes is 1. The molecule has 0 amide bonds. The lowest BCUT2D eigenvalue weighted by molar-refractivity contribution is 0.112. The summed E-state index contributed by atoms with van der Waals surface area (Å²) in [6, 6.07) is 15.2. The predicted molar refractivity (Wildman–Crippen MR) is 80.4 cm³/mol. The fourth-order valence-electron chi connectivity index (χ4n) is 2.22. The SMILES string of the molecule is O=Cc1nc(-c2ccc(F)cc2)ccc1-c1ccc(F)cc1. The number of carbonyl (C=O) groups excluding carboxylic acids is 1. The maximum atomic E-state index is 13.0. The number of aromatic nitrogens is 1. The molecule has 4 heteroatoms. The van der Waals surface area contributed by atoms with Crippen molar-refractivity contribution in [3.05, 3.63) is 78.0 Å². The Morgan fingerprint density at radius 3 is 1.82 bits per heavy atom. The van der Waals surface area contributed by atoms with E-state index in [4.69, 9.17) is 0 Å². The Morgan fingerprint density at radius 2 is 1.27 bits per heavy atom. The highest BCUT2D eigenvalue weighted by atomic mass is 19.1. The van der Waals surface area contributed by atoms with E-state index < -0.39 is 0 Å². The minimum Gasteiger partial charge on any atom is -0.296 e. The Balaban J connectivity index is 2.05. The zero-order valence-electron chi connectivity index (χ0n) is 11.5. The monoisotopic (exact) mass is 295 g/mol. The van der Waals surface area contributed by atoms with Gasteiger partial charge in [-0.25, -0.2) is 13.8 Å². The van der Waals surface area contributed by atoms with Crippen molar-refractivity contribution in [2.45, 2.75) is 0 Å². The third-order valence-electron chi connectivity index (χ3n) is 3.33. The second-order valence-corrected chi connectivity index (χ2v) is 4.76. The van der Waals surface area contributed by atoms with Crippen LogP contribution in [0.1, 0.15) is 10.5 Å². The topological polar surface area (TPSA) is 30.0 Å². The van der Waals surface area contributed by atoms with Crippen LogP contribution in [0.2, 0.25) is 0 Å². The molecule has 2 aromatic carbocycles.